The second-order valence-electron chi connectivity index (χ2n) is 3.27. The summed E-state index contributed by atoms with van der Waals surface area (Å²) in [6.45, 7) is -0.924. The number of carbonyl (C=O) groups excluding carboxylic acids is 1. The standard InChI is InChI=1S/C10H8F3NO4/c11-5-2-1-4(7(12)8(5)13)9(16)14-6(3-15)10(17)18/h1-2,6,15H,3H2,(H,14,16)(H,17,18)/t6-/m0/s1. The second-order valence-corrected chi connectivity index (χ2v) is 3.27. The zero-order valence-corrected chi connectivity index (χ0v) is 8.78. The van der Waals surface area contributed by atoms with E-state index in [4.69, 9.17) is 10.2 Å². The fraction of sp³-hybridized carbons (Fsp3) is 0.200. The average Bonchev–Trinajstić information content (AvgIpc) is 2.32. The molecule has 1 aromatic rings. The Labute approximate surface area is 98.8 Å². The molecule has 0 radical (unpaired) electrons. The summed E-state index contributed by atoms with van der Waals surface area (Å²) < 4.78 is 38.6. The fourth-order valence-corrected chi connectivity index (χ4v) is 1.12. The first kappa shape index (κ1) is 14.0. The van der Waals surface area contributed by atoms with Crippen molar-refractivity contribution >= 4 is 11.9 Å². The third-order valence-corrected chi connectivity index (χ3v) is 2.07. The van der Waals surface area contributed by atoms with Gasteiger partial charge >= 0.3 is 5.97 Å². The van der Waals surface area contributed by atoms with Gasteiger partial charge in [-0.25, -0.2) is 18.0 Å². The van der Waals surface area contributed by atoms with Gasteiger partial charge in [0.25, 0.3) is 5.91 Å². The van der Waals surface area contributed by atoms with Gasteiger partial charge in [-0.3, -0.25) is 4.79 Å². The van der Waals surface area contributed by atoms with Crippen LogP contribution < -0.4 is 5.32 Å². The number of aliphatic hydroxyl groups is 1. The van der Waals surface area contributed by atoms with Crippen LogP contribution in [0.3, 0.4) is 0 Å². The van der Waals surface area contributed by atoms with Crippen molar-refractivity contribution in [1.29, 1.82) is 0 Å². The number of carboxylic acids is 1. The topological polar surface area (TPSA) is 86.6 Å². The van der Waals surface area contributed by atoms with E-state index in [0.29, 0.717) is 12.1 Å². The van der Waals surface area contributed by atoms with Gasteiger partial charge in [0.05, 0.1) is 12.2 Å². The zero-order chi connectivity index (χ0) is 13.9. The zero-order valence-electron chi connectivity index (χ0n) is 8.78. The van der Waals surface area contributed by atoms with Crippen molar-refractivity contribution < 1.29 is 33.0 Å². The van der Waals surface area contributed by atoms with Crippen LogP contribution in [0.25, 0.3) is 0 Å². The number of nitrogens with one attached hydrogen (secondary N) is 1. The minimum atomic E-state index is -1.83. The summed E-state index contributed by atoms with van der Waals surface area (Å²) in [5.74, 6) is -7.85. The lowest BCUT2D eigenvalue weighted by Crippen LogP contribution is -2.43. The molecule has 0 aliphatic rings. The number of aliphatic hydroxyl groups excluding tert-OH is 1. The van der Waals surface area contributed by atoms with Crippen LogP contribution in [0.5, 0.6) is 0 Å². The summed E-state index contributed by atoms with van der Waals surface area (Å²) in [4.78, 5) is 21.9. The highest BCUT2D eigenvalue weighted by Gasteiger charge is 2.23. The minimum Gasteiger partial charge on any atom is -0.480 e. The van der Waals surface area contributed by atoms with Gasteiger partial charge in [-0.05, 0) is 12.1 Å². The van der Waals surface area contributed by atoms with E-state index in [2.05, 4.69) is 0 Å². The molecular weight excluding hydrogens is 255 g/mol. The Bertz CT molecular complexity index is 492. The second kappa shape index (κ2) is 5.50. The molecule has 1 aromatic carbocycles. The molecule has 0 bridgehead atoms. The highest BCUT2D eigenvalue weighted by molar-refractivity contribution is 5.96. The first-order valence-electron chi connectivity index (χ1n) is 4.66. The van der Waals surface area contributed by atoms with Crippen LogP contribution in [-0.2, 0) is 4.79 Å². The van der Waals surface area contributed by atoms with Crippen molar-refractivity contribution in [3.63, 3.8) is 0 Å². The molecule has 8 heteroatoms. The SMILES string of the molecule is O=C(N[C@@H](CO)C(=O)O)c1ccc(F)c(F)c1F. The van der Waals surface area contributed by atoms with E-state index < -0.39 is 47.5 Å². The largest absolute Gasteiger partial charge is 0.480 e. The van der Waals surface area contributed by atoms with Gasteiger partial charge in [-0.15, -0.1) is 0 Å². The molecule has 5 nitrogen and oxygen atoms in total. The van der Waals surface area contributed by atoms with E-state index in [-0.39, 0.29) is 0 Å². The smallest absolute Gasteiger partial charge is 0.328 e. The van der Waals surface area contributed by atoms with Crippen molar-refractivity contribution in [2.75, 3.05) is 6.61 Å². The number of benzene rings is 1. The third-order valence-electron chi connectivity index (χ3n) is 2.07. The monoisotopic (exact) mass is 263 g/mol. The Balaban J connectivity index is 2.98. The van der Waals surface area contributed by atoms with Crippen molar-refractivity contribution in [2.45, 2.75) is 6.04 Å². The van der Waals surface area contributed by atoms with Crippen LogP contribution in [0.1, 0.15) is 10.4 Å². The molecule has 98 valence electrons. The number of hydrogen-bond donors (Lipinski definition) is 3. The average molecular weight is 263 g/mol. The Kier molecular flexibility index (Phi) is 4.27. The van der Waals surface area contributed by atoms with Gasteiger partial charge in [-0.2, -0.15) is 0 Å². The summed E-state index contributed by atoms with van der Waals surface area (Å²) in [6.07, 6.45) is 0. The third kappa shape index (κ3) is 2.77. The number of amides is 1. The van der Waals surface area contributed by atoms with E-state index in [0.717, 1.165) is 0 Å². The van der Waals surface area contributed by atoms with Gasteiger partial charge in [0.15, 0.2) is 23.5 Å². The summed E-state index contributed by atoms with van der Waals surface area (Å²) >= 11 is 0. The summed E-state index contributed by atoms with van der Waals surface area (Å²) in [5, 5.41) is 18.9. The maximum atomic E-state index is 13.2. The van der Waals surface area contributed by atoms with E-state index in [1.807, 2.05) is 0 Å². The molecule has 0 saturated heterocycles. The summed E-state index contributed by atoms with van der Waals surface area (Å²) in [5.41, 5.74) is -0.853. The van der Waals surface area contributed by atoms with Gasteiger partial charge < -0.3 is 15.5 Å². The van der Waals surface area contributed by atoms with Gasteiger partial charge in [0, 0.05) is 0 Å². The molecule has 0 aliphatic carbocycles. The van der Waals surface area contributed by atoms with Crippen molar-refractivity contribution in [3.8, 4) is 0 Å². The molecule has 0 heterocycles. The Morgan fingerprint density at radius 3 is 2.33 bits per heavy atom. The Morgan fingerprint density at radius 2 is 1.83 bits per heavy atom. The first-order chi connectivity index (χ1) is 8.38. The van der Waals surface area contributed by atoms with Gasteiger partial charge in [0.1, 0.15) is 0 Å². The maximum Gasteiger partial charge on any atom is 0.328 e. The molecule has 1 rings (SSSR count). The molecule has 0 saturated carbocycles. The van der Waals surface area contributed by atoms with Crippen LogP contribution in [-0.4, -0.2) is 34.7 Å². The summed E-state index contributed by atoms with van der Waals surface area (Å²) in [6, 6.07) is -0.466. The fourth-order valence-electron chi connectivity index (χ4n) is 1.12. The first-order valence-corrected chi connectivity index (χ1v) is 4.66. The van der Waals surface area contributed by atoms with E-state index in [1.54, 1.807) is 5.32 Å². The lowest BCUT2D eigenvalue weighted by Gasteiger charge is -2.12. The number of halogens is 3. The van der Waals surface area contributed by atoms with Crippen LogP contribution in [0.15, 0.2) is 12.1 Å². The van der Waals surface area contributed by atoms with Gasteiger partial charge in [-0.1, -0.05) is 0 Å². The molecule has 18 heavy (non-hydrogen) atoms. The van der Waals surface area contributed by atoms with Crippen LogP contribution >= 0.6 is 0 Å². The number of rotatable bonds is 4. The maximum absolute atomic E-state index is 13.2. The Hall–Kier alpha value is -2.09. The molecule has 0 aliphatic heterocycles. The van der Waals surface area contributed by atoms with Crippen LogP contribution in [0.4, 0.5) is 13.2 Å². The quantitative estimate of drug-likeness (QED) is 0.681. The van der Waals surface area contributed by atoms with Gasteiger partial charge in [0.2, 0.25) is 0 Å². The molecular formula is C10H8F3NO4. The van der Waals surface area contributed by atoms with Crippen molar-refractivity contribution in [1.82, 2.24) is 5.32 Å². The van der Waals surface area contributed by atoms with E-state index >= 15 is 0 Å². The van der Waals surface area contributed by atoms with Crippen LogP contribution in [0.2, 0.25) is 0 Å². The molecule has 3 N–H and O–H groups in total. The molecule has 0 spiro atoms. The number of carboxylic acid groups (broad SMARTS) is 1. The lowest BCUT2D eigenvalue weighted by molar-refractivity contribution is -0.140. The molecule has 1 amide bonds. The number of aliphatic carboxylic acids is 1. The van der Waals surface area contributed by atoms with Crippen molar-refractivity contribution in [3.05, 3.63) is 35.1 Å². The number of hydrogen-bond acceptors (Lipinski definition) is 3. The minimum absolute atomic E-state index is 0.530. The lowest BCUT2D eigenvalue weighted by atomic mass is 10.1. The highest BCUT2D eigenvalue weighted by atomic mass is 19.2. The highest BCUT2D eigenvalue weighted by Crippen LogP contribution is 2.15. The Morgan fingerprint density at radius 1 is 1.22 bits per heavy atom. The predicted molar refractivity (Wildman–Crippen MR) is 52.3 cm³/mol. The van der Waals surface area contributed by atoms with Crippen LogP contribution in [0, 0.1) is 17.5 Å². The summed E-state index contributed by atoms with van der Waals surface area (Å²) in [7, 11) is 0. The van der Waals surface area contributed by atoms with E-state index in [1.165, 1.54) is 0 Å². The molecule has 1 atom stereocenters. The van der Waals surface area contributed by atoms with Crippen molar-refractivity contribution in [2.24, 2.45) is 0 Å². The predicted octanol–water partition coefficient (Wildman–Crippen LogP) is 0.279. The molecule has 0 unspecified atom stereocenters. The molecule has 0 aromatic heterocycles. The number of carbonyl (C=O) groups is 2. The normalized spacial score (nSPS) is 12.0. The van der Waals surface area contributed by atoms with E-state index in [9.17, 15) is 22.8 Å². The molecule has 0 fully saturated rings.